The zero-order valence-electron chi connectivity index (χ0n) is 7.21. The predicted octanol–water partition coefficient (Wildman–Crippen LogP) is -0.0525. The van der Waals surface area contributed by atoms with Crippen LogP contribution in [0.1, 0.15) is 13.8 Å². The van der Waals surface area contributed by atoms with Crippen LogP contribution in [0.5, 0.6) is 0 Å². The third kappa shape index (κ3) is 3.57. The SMILES string of the molecule is CC(C)N(CC(N)=O)C(=O)CCl. The molecule has 0 aliphatic carbocycles. The molecule has 0 spiro atoms. The van der Waals surface area contributed by atoms with Crippen LogP contribution in [-0.2, 0) is 9.59 Å². The minimum absolute atomic E-state index is 0.0521. The molecular weight excluding hydrogens is 180 g/mol. The number of amides is 2. The van der Waals surface area contributed by atoms with Gasteiger partial charge in [-0.2, -0.15) is 0 Å². The maximum Gasteiger partial charge on any atom is 0.238 e. The Bertz CT molecular complexity index is 182. The molecule has 2 amide bonds. The Morgan fingerprint density at radius 1 is 1.50 bits per heavy atom. The summed E-state index contributed by atoms with van der Waals surface area (Å²) in [5.74, 6) is -0.918. The van der Waals surface area contributed by atoms with Crippen molar-refractivity contribution in [3.05, 3.63) is 0 Å². The van der Waals surface area contributed by atoms with E-state index in [2.05, 4.69) is 0 Å². The average molecular weight is 193 g/mol. The predicted molar refractivity (Wildman–Crippen MR) is 46.8 cm³/mol. The lowest BCUT2D eigenvalue weighted by Gasteiger charge is -2.24. The molecule has 0 heterocycles. The standard InChI is InChI=1S/C7H13ClN2O2/c1-5(2)10(4-6(9)11)7(12)3-8/h5H,3-4H2,1-2H3,(H2,9,11). The van der Waals surface area contributed by atoms with Gasteiger partial charge in [-0.1, -0.05) is 0 Å². The van der Waals surface area contributed by atoms with Crippen LogP contribution in [0.2, 0.25) is 0 Å². The van der Waals surface area contributed by atoms with Crippen molar-refractivity contribution in [1.82, 2.24) is 4.90 Å². The summed E-state index contributed by atoms with van der Waals surface area (Å²) in [4.78, 5) is 22.9. The summed E-state index contributed by atoms with van der Waals surface area (Å²) in [6.07, 6.45) is 0. The van der Waals surface area contributed by atoms with Gasteiger partial charge in [0.05, 0.1) is 6.54 Å². The summed E-state index contributed by atoms with van der Waals surface area (Å²) >= 11 is 5.33. The highest BCUT2D eigenvalue weighted by molar-refractivity contribution is 6.27. The van der Waals surface area contributed by atoms with E-state index in [0.29, 0.717) is 0 Å². The molecule has 0 aliphatic rings. The first-order chi connectivity index (χ1) is 5.49. The van der Waals surface area contributed by atoms with E-state index in [0.717, 1.165) is 0 Å². The van der Waals surface area contributed by atoms with Crippen molar-refractivity contribution in [2.24, 2.45) is 5.73 Å². The minimum Gasteiger partial charge on any atom is -0.368 e. The number of rotatable bonds is 4. The van der Waals surface area contributed by atoms with E-state index in [1.165, 1.54) is 4.90 Å². The Morgan fingerprint density at radius 2 is 2.00 bits per heavy atom. The summed E-state index contributed by atoms with van der Waals surface area (Å²) < 4.78 is 0. The molecule has 0 atom stereocenters. The lowest BCUT2D eigenvalue weighted by molar-refractivity contribution is -0.134. The highest BCUT2D eigenvalue weighted by atomic mass is 35.5. The first-order valence-electron chi connectivity index (χ1n) is 3.62. The Balaban J connectivity index is 4.23. The van der Waals surface area contributed by atoms with Crippen molar-refractivity contribution in [1.29, 1.82) is 0 Å². The van der Waals surface area contributed by atoms with Gasteiger partial charge in [0.15, 0.2) is 0 Å². The lowest BCUT2D eigenvalue weighted by Crippen LogP contribution is -2.43. The van der Waals surface area contributed by atoms with Crippen LogP contribution in [0.25, 0.3) is 0 Å². The summed E-state index contributed by atoms with van der Waals surface area (Å²) in [5.41, 5.74) is 4.95. The molecule has 2 N–H and O–H groups in total. The molecule has 0 fully saturated rings. The van der Waals surface area contributed by atoms with Gasteiger partial charge in [-0.15, -0.1) is 11.6 Å². The molecule has 0 aliphatic heterocycles. The van der Waals surface area contributed by atoms with E-state index in [1.54, 1.807) is 13.8 Å². The fourth-order valence-corrected chi connectivity index (χ4v) is 0.957. The molecule has 0 saturated carbocycles. The summed E-state index contributed by atoms with van der Waals surface area (Å²) in [7, 11) is 0. The molecule has 0 unspecified atom stereocenters. The number of primary amides is 1. The Kier molecular flexibility index (Phi) is 4.66. The van der Waals surface area contributed by atoms with Gasteiger partial charge in [0.1, 0.15) is 5.88 Å². The largest absolute Gasteiger partial charge is 0.368 e. The molecule has 5 heteroatoms. The number of halogens is 1. The molecule has 0 bridgehead atoms. The molecule has 12 heavy (non-hydrogen) atoms. The van der Waals surface area contributed by atoms with Crippen molar-refractivity contribution in [2.45, 2.75) is 19.9 Å². The summed E-state index contributed by atoms with van der Waals surface area (Å²) in [6.45, 7) is 3.53. The van der Waals surface area contributed by atoms with Crippen LogP contribution in [0.3, 0.4) is 0 Å². The fourth-order valence-electron chi connectivity index (χ4n) is 0.803. The molecule has 70 valence electrons. The van der Waals surface area contributed by atoms with Gasteiger partial charge in [-0.05, 0) is 13.8 Å². The lowest BCUT2D eigenvalue weighted by atomic mass is 10.3. The Labute approximate surface area is 76.7 Å². The van der Waals surface area contributed by atoms with Crippen molar-refractivity contribution >= 4 is 23.4 Å². The number of nitrogens with two attached hydrogens (primary N) is 1. The number of carbonyl (C=O) groups excluding carboxylic acids is 2. The smallest absolute Gasteiger partial charge is 0.238 e. The Morgan fingerprint density at radius 3 is 2.25 bits per heavy atom. The highest BCUT2D eigenvalue weighted by Crippen LogP contribution is 1.99. The quantitative estimate of drug-likeness (QED) is 0.635. The molecule has 0 aromatic rings. The van der Waals surface area contributed by atoms with E-state index in [-0.39, 0.29) is 24.4 Å². The number of hydrogen-bond acceptors (Lipinski definition) is 2. The number of hydrogen-bond donors (Lipinski definition) is 1. The second kappa shape index (κ2) is 4.98. The van der Waals surface area contributed by atoms with E-state index in [1.807, 2.05) is 0 Å². The molecule has 4 nitrogen and oxygen atoms in total. The first-order valence-corrected chi connectivity index (χ1v) is 4.16. The van der Waals surface area contributed by atoms with Crippen LogP contribution in [0.4, 0.5) is 0 Å². The van der Waals surface area contributed by atoms with Crippen LogP contribution in [0.15, 0.2) is 0 Å². The minimum atomic E-state index is -0.526. The summed E-state index contributed by atoms with van der Waals surface area (Å²) in [6, 6.07) is -0.0521. The average Bonchev–Trinajstić information content (AvgIpc) is 1.98. The van der Waals surface area contributed by atoms with Gasteiger partial charge in [0.25, 0.3) is 0 Å². The van der Waals surface area contributed by atoms with E-state index < -0.39 is 5.91 Å². The Hall–Kier alpha value is -0.770. The van der Waals surface area contributed by atoms with Gasteiger partial charge >= 0.3 is 0 Å². The van der Waals surface area contributed by atoms with Crippen LogP contribution < -0.4 is 5.73 Å². The van der Waals surface area contributed by atoms with Gasteiger partial charge in [0.2, 0.25) is 11.8 Å². The molecule has 0 aromatic carbocycles. The van der Waals surface area contributed by atoms with Gasteiger partial charge in [-0.25, -0.2) is 0 Å². The third-order valence-corrected chi connectivity index (χ3v) is 1.61. The molecule has 0 aromatic heterocycles. The van der Waals surface area contributed by atoms with Crippen molar-refractivity contribution in [2.75, 3.05) is 12.4 Å². The molecule has 0 rings (SSSR count). The summed E-state index contributed by atoms with van der Waals surface area (Å²) in [5, 5.41) is 0. The van der Waals surface area contributed by atoms with Gasteiger partial charge < -0.3 is 10.6 Å². The molecular formula is C7H13ClN2O2. The molecule has 0 saturated heterocycles. The van der Waals surface area contributed by atoms with Gasteiger partial charge in [0, 0.05) is 6.04 Å². The normalized spacial score (nSPS) is 10.0. The maximum absolute atomic E-state index is 11.1. The second-order valence-electron chi connectivity index (χ2n) is 2.72. The van der Waals surface area contributed by atoms with Crippen LogP contribution in [-0.4, -0.2) is 35.2 Å². The maximum atomic E-state index is 11.1. The topological polar surface area (TPSA) is 63.4 Å². The van der Waals surface area contributed by atoms with Crippen molar-refractivity contribution < 1.29 is 9.59 Å². The third-order valence-electron chi connectivity index (χ3n) is 1.38. The first kappa shape index (κ1) is 11.2. The van der Waals surface area contributed by atoms with Crippen molar-refractivity contribution in [3.63, 3.8) is 0 Å². The van der Waals surface area contributed by atoms with E-state index in [9.17, 15) is 9.59 Å². The zero-order valence-corrected chi connectivity index (χ0v) is 7.97. The fraction of sp³-hybridized carbons (Fsp3) is 0.714. The van der Waals surface area contributed by atoms with E-state index in [4.69, 9.17) is 17.3 Å². The highest BCUT2D eigenvalue weighted by Gasteiger charge is 2.17. The molecule has 0 radical (unpaired) electrons. The number of carbonyl (C=O) groups is 2. The van der Waals surface area contributed by atoms with Crippen LogP contribution >= 0.6 is 11.6 Å². The monoisotopic (exact) mass is 192 g/mol. The van der Waals surface area contributed by atoms with E-state index >= 15 is 0 Å². The number of nitrogens with zero attached hydrogens (tertiary/aromatic N) is 1. The zero-order chi connectivity index (χ0) is 9.72. The van der Waals surface area contributed by atoms with Crippen molar-refractivity contribution in [3.8, 4) is 0 Å². The second-order valence-corrected chi connectivity index (χ2v) is 2.98. The van der Waals surface area contributed by atoms with Crippen LogP contribution in [0, 0.1) is 0 Å². The number of alkyl halides is 1. The van der Waals surface area contributed by atoms with Gasteiger partial charge in [-0.3, -0.25) is 9.59 Å².